The van der Waals surface area contributed by atoms with Gasteiger partial charge in [0.1, 0.15) is 5.76 Å². The Morgan fingerprint density at radius 2 is 2.13 bits per heavy atom. The van der Waals surface area contributed by atoms with Gasteiger partial charge in [0.15, 0.2) is 4.67 Å². The highest BCUT2D eigenvalue weighted by Gasteiger charge is 2.26. The van der Waals surface area contributed by atoms with Crippen molar-refractivity contribution in [3.63, 3.8) is 0 Å². The molecule has 15 heavy (non-hydrogen) atoms. The molecule has 1 aromatic rings. The smallest absolute Gasteiger partial charge is 0.390 e. The second kappa shape index (κ2) is 5.03. The number of alkyl halides is 3. The summed E-state index contributed by atoms with van der Waals surface area (Å²) in [6, 6.07) is 3.20. The maximum Gasteiger partial charge on any atom is 0.390 e. The molecular weight excluding hydrogens is 275 g/mol. The molecule has 6 heteroatoms. The van der Waals surface area contributed by atoms with Gasteiger partial charge >= 0.3 is 6.18 Å². The summed E-state index contributed by atoms with van der Waals surface area (Å²) in [7, 11) is 0. The lowest BCUT2D eigenvalue weighted by Gasteiger charge is -2.12. The fourth-order valence-corrected chi connectivity index (χ4v) is 1.41. The lowest BCUT2D eigenvalue weighted by molar-refractivity contribution is -0.133. The van der Waals surface area contributed by atoms with E-state index in [1.54, 1.807) is 19.1 Å². The molecule has 0 fully saturated rings. The Morgan fingerprint density at radius 1 is 1.47 bits per heavy atom. The SMILES string of the molecule is CC(NCCC(F)(F)F)c1ccc(Br)o1. The van der Waals surface area contributed by atoms with E-state index in [2.05, 4.69) is 21.2 Å². The molecule has 1 atom stereocenters. The molecule has 1 heterocycles. The van der Waals surface area contributed by atoms with E-state index in [0.29, 0.717) is 10.4 Å². The summed E-state index contributed by atoms with van der Waals surface area (Å²) in [5, 5.41) is 2.73. The Labute approximate surface area is 94.0 Å². The van der Waals surface area contributed by atoms with Crippen LogP contribution in [0, 0.1) is 0 Å². The van der Waals surface area contributed by atoms with Gasteiger partial charge in [-0.1, -0.05) is 0 Å². The first-order chi connectivity index (χ1) is 6.88. The third-order valence-corrected chi connectivity index (χ3v) is 2.31. The van der Waals surface area contributed by atoms with Crippen molar-refractivity contribution in [2.75, 3.05) is 6.54 Å². The summed E-state index contributed by atoms with van der Waals surface area (Å²) in [4.78, 5) is 0. The largest absolute Gasteiger partial charge is 0.453 e. The van der Waals surface area contributed by atoms with Crippen LogP contribution >= 0.6 is 15.9 Å². The zero-order valence-electron chi connectivity index (χ0n) is 8.07. The van der Waals surface area contributed by atoms with Gasteiger partial charge in [-0.05, 0) is 35.0 Å². The van der Waals surface area contributed by atoms with Gasteiger partial charge in [-0.25, -0.2) is 0 Å². The van der Waals surface area contributed by atoms with Gasteiger partial charge in [-0.15, -0.1) is 0 Å². The number of furan rings is 1. The van der Waals surface area contributed by atoms with E-state index in [-0.39, 0.29) is 12.6 Å². The minimum atomic E-state index is -4.11. The average Bonchev–Trinajstić information content (AvgIpc) is 2.49. The number of hydrogen-bond donors (Lipinski definition) is 1. The van der Waals surface area contributed by atoms with E-state index in [1.807, 2.05) is 0 Å². The van der Waals surface area contributed by atoms with Crippen LogP contribution in [0.1, 0.15) is 25.1 Å². The van der Waals surface area contributed by atoms with Crippen LogP contribution in [0.2, 0.25) is 0 Å². The van der Waals surface area contributed by atoms with Gasteiger partial charge in [0.25, 0.3) is 0 Å². The van der Waals surface area contributed by atoms with Crippen molar-refractivity contribution < 1.29 is 17.6 Å². The number of halogens is 4. The van der Waals surface area contributed by atoms with Crippen molar-refractivity contribution in [3.8, 4) is 0 Å². The van der Waals surface area contributed by atoms with Crippen LogP contribution in [-0.4, -0.2) is 12.7 Å². The molecule has 1 unspecified atom stereocenters. The van der Waals surface area contributed by atoms with Gasteiger partial charge in [0, 0.05) is 6.54 Å². The van der Waals surface area contributed by atoms with E-state index in [0.717, 1.165) is 0 Å². The van der Waals surface area contributed by atoms with Crippen molar-refractivity contribution in [2.45, 2.75) is 25.6 Å². The summed E-state index contributed by atoms with van der Waals surface area (Å²) in [6.07, 6.45) is -4.95. The topological polar surface area (TPSA) is 25.2 Å². The fraction of sp³-hybridized carbons (Fsp3) is 0.556. The highest BCUT2D eigenvalue weighted by molar-refractivity contribution is 9.10. The van der Waals surface area contributed by atoms with Gasteiger partial charge in [-0.2, -0.15) is 13.2 Å². The van der Waals surface area contributed by atoms with Crippen molar-refractivity contribution in [3.05, 3.63) is 22.6 Å². The van der Waals surface area contributed by atoms with Crippen LogP contribution in [-0.2, 0) is 0 Å². The molecule has 0 spiro atoms. The van der Waals surface area contributed by atoms with Crippen molar-refractivity contribution in [1.82, 2.24) is 5.32 Å². The predicted molar refractivity (Wildman–Crippen MR) is 53.5 cm³/mol. The minimum Gasteiger partial charge on any atom is -0.453 e. The maximum atomic E-state index is 11.8. The molecule has 0 bridgehead atoms. The summed E-state index contributed by atoms with van der Waals surface area (Å²) >= 11 is 3.13. The molecule has 0 radical (unpaired) electrons. The molecule has 0 aliphatic carbocycles. The molecule has 0 aliphatic heterocycles. The van der Waals surface area contributed by atoms with Crippen LogP contribution in [0.25, 0.3) is 0 Å². The molecule has 0 saturated heterocycles. The zero-order valence-corrected chi connectivity index (χ0v) is 9.65. The van der Waals surface area contributed by atoms with Crippen molar-refractivity contribution in [1.29, 1.82) is 0 Å². The molecule has 1 rings (SSSR count). The van der Waals surface area contributed by atoms with E-state index in [9.17, 15) is 13.2 Å². The summed E-state index contributed by atoms with van der Waals surface area (Å²) < 4.78 is 41.3. The molecule has 0 aromatic carbocycles. The molecule has 86 valence electrons. The highest BCUT2D eigenvalue weighted by atomic mass is 79.9. The van der Waals surface area contributed by atoms with Crippen LogP contribution < -0.4 is 5.32 Å². The minimum absolute atomic E-state index is 0.108. The molecule has 0 aliphatic rings. The van der Waals surface area contributed by atoms with Crippen LogP contribution in [0.15, 0.2) is 21.2 Å². The molecule has 0 amide bonds. The van der Waals surface area contributed by atoms with Crippen LogP contribution in [0.4, 0.5) is 13.2 Å². The number of hydrogen-bond acceptors (Lipinski definition) is 2. The number of rotatable bonds is 4. The molecule has 2 nitrogen and oxygen atoms in total. The second-order valence-corrected chi connectivity index (χ2v) is 3.96. The first-order valence-electron chi connectivity index (χ1n) is 4.44. The van der Waals surface area contributed by atoms with Gasteiger partial charge in [-0.3, -0.25) is 0 Å². The molecular formula is C9H11BrF3NO. The maximum absolute atomic E-state index is 11.8. The fourth-order valence-electron chi connectivity index (χ4n) is 1.09. The third-order valence-electron chi connectivity index (χ3n) is 1.88. The molecule has 0 saturated carbocycles. The van der Waals surface area contributed by atoms with E-state index < -0.39 is 12.6 Å². The van der Waals surface area contributed by atoms with E-state index in [4.69, 9.17) is 4.42 Å². The Hall–Kier alpha value is -0.490. The van der Waals surface area contributed by atoms with Crippen LogP contribution in [0.5, 0.6) is 0 Å². The lowest BCUT2D eigenvalue weighted by Crippen LogP contribution is -2.24. The number of nitrogens with one attached hydrogen (secondary N) is 1. The first kappa shape index (κ1) is 12.6. The Bertz CT molecular complexity index is 311. The Kier molecular flexibility index (Phi) is 4.21. The standard InChI is InChI=1S/C9H11BrF3NO/c1-6(7-2-3-8(10)15-7)14-5-4-9(11,12)13/h2-3,6,14H,4-5H2,1H3. The van der Waals surface area contributed by atoms with Crippen molar-refractivity contribution >= 4 is 15.9 Å². The van der Waals surface area contributed by atoms with Gasteiger partial charge in [0.2, 0.25) is 0 Å². The lowest BCUT2D eigenvalue weighted by atomic mass is 10.2. The van der Waals surface area contributed by atoms with E-state index in [1.165, 1.54) is 0 Å². The summed E-state index contributed by atoms with van der Waals surface area (Å²) in [6.45, 7) is 1.64. The quantitative estimate of drug-likeness (QED) is 0.914. The highest BCUT2D eigenvalue weighted by Crippen LogP contribution is 2.22. The zero-order chi connectivity index (χ0) is 11.5. The van der Waals surface area contributed by atoms with Crippen molar-refractivity contribution in [2.24, 2.45) is 0 Å². The Balaban J connectivity index is 2.34. The first-order valence-corrected chi connectivity index (χ1v) is 5.23. The summed E-state index contributed by atoms with van der Waals surface area (Å²) in [5.74, 6) is 0.615. The Morgan fingerprint density at radius 3 is 2.60 bits per heavy atom. The average molecular weight is 286 g/mol. The van der Waals surface area contributed by atoms with Gasteiger partial charge < -0.3 is 9.73 Å². The summed E-state index contributed by atoms with van der Waals surface area (Å²) in [5.41, 5.74) is 0. The van der Waals surface area contributed by atoms with E-state index >= 15 is 0 Å². The second-order valence-electron chi connectivity index (χ2n) is 3.18. The monoisotopic (exact) mass is 285 g/mol. The molecule has 1 aromatic heterocycles. The van der Waals surface area contributed by atoms with Crippen LogP contribution in [0.3, 0.4) is 0 Å². The normalized spacial score (nSPS) is 14.2. The third kappa shape index (κ3) is 4.70. The molecule has 1 N–H and O–H groups in total. The predicted octanol–water partition coefficient (Wildman–Crippen LogP) is 3.65. The van der Waals surface area contributed by atoms with Gasteiger partial charge in [0.05, 0.1) is 12.5 Å².